The Morgan fingerprint density at radius 2 is 2.00 bits per heavy atom. The maximum absolute atomic E-state index is 10.8. The van der Waals surface area contributed by atoms with Crippen molar-refractivity contribution in [2.45, 2.75) is 26.4 Å². The molecular weight excluding hydrogens is 149 g/mol. The van der Waals surface area contributed by atoms with Crippen molar-refractivity contribution < 1.29 is 19.4 Å². The first kappa shape index (κ1) is 10.1. The predicted octanol–water partition coefficient (Wildman–Crippen LogP) is -0.111. The number of Topliss-reactive ketones (excluding diaryl/α,β-unsaturated/α-hetero) is 1. The molecule has 0 bridgehead atoms. The largest absolute Gasteiger partial charge is 0.464 e. The second kappa shape index (κ2) is 3.48. The molecule has 0 spiro atoms. The van der Waals surface area contributed by atoms with Crippen molar-refractivity contribution >= 4 is 11.8 Å². The molecule has 0 aromatic heterocycles. The molecule has 0 aromatic rings. The van der Waals surface area contributed by atoms with E-state index in [2.05, 4.69) is 4.74 Å². The lowest BCUT2D eigenvalue weighted by atomic mass is 10.0. The predicted molar refractivity (Wildman–Crippen MR) is 37.9 cm³/mol. The van der Waals surface area contributed by atoms with Crippen LogP contribution in [0.25, 0.3) is 0 Å². The molecule has 0 aromatic carbocycles. The Balaban J connectivity index is 4.30. The van der Waals surface area contributed by atoms with Crippen molar-refractivity contribution in [2.24, 2.45) is 0 Å². The van der Waals surface area contributed by atoms with E-state index in [4.69, 9.17) is 5.11 Å². The Labute approximate surface area is 65.2 Å². The average Bonchev–Trinajstić information content (AvgIpc) is 1.88. The summed E-state index contributed by atoms with van der Waals surface area (Å²) >= 11 is 0. The number of aliphatic hydroxyl groups is 1. The van der Waals surface area contributed by atoms with Crippen LogP contribution in [0.3, 0.4) is 0 Å². The number of esters is 1. The van der Waals surface area contributed by atoms with Gasteiger partial charge in [-0.25, -0.2) is 4.79 Å². The molecule has 0 aliphatic carbocycles. The minimum atomic E-state index is -1.99. The minimum absolute atomic E-state index is 0.155. The summed E-state index contributed by atoms with van der Waals surface area (Å²) < 4.78 is 4.46. The zero-order valence-corrected chi connectivity index (χ0v) is 6.88. The summed E-state index contributed by atoms with van der Waals surface area (Å²) in [6.45, 7) is 4.01. The Morgan fingerprint density at radius 3 is 2.27 bits per heavy atom. The summed E-state index contributed by atoms with van der Waals surface area (Å²) in [5.74, 6) is -1.51. The van der Waals surface area contributed by atoms with E-state index in [-0.39, 0.29) is 6.61 Å². The Kier molecular flexibility index (Phi) is 3.19. The molecule has 0 saturated carbocycles. The second-order valence-electron chi connectivity index (χ2n) is 2.35. The summed E-state index contributed by atoms with van der Waals surface area (Å²) in [5, 5.41) is 9.17. The van der Waals surface area contributed by atoms with Gasteiger partial charge in [0.1, 0.15) is 0 Å². The molecule has 1 atom stereocenters. The van der Waals surface area contributed by atoms with Crippen LogP contribution < -0.4 is 0 Å². The van der Waals surface area contributed by atoms with Crippen LogP contribution in [-0.4, -0.2) is 29.1 Å². The Morgan fingerprint density at radius 1 is 1.55 bits per heavy atom. The molecule has 0 heterocycles. The maximum atomic E-state index is 10.8. The van der Waals surface area contributed by atoms with Crippen molar-refractivity contribution in [2.75, 3.05) is 6.61 Å². The normalized spacial score (nSPS) is 15.3. The summed E-state index contributed by atoms with van der Waals surface area (Å²) in [6, 6.07) is 0. The van der Waals surface area contributed by atoms with Crippen molar-refractivity contribution in [3.63, 3.8) is 0 Å². The van der Waals surface area contributed by atoms with Gasteiger partial charge in [0, 0.05) is 0 Å². The highest BCUT2D eigenvalue weighted by atomic mass is 16.6. The molecule has 0 aliphatic heterocycles. The van der Waals surface area contributed by atoms with Crippen molar-refractivity contribution in [1.82, 2.24) is 0 Å². The Hall–Kier alpha value is -0.900. The molecule has 1 unspecified atom stereocenters. The van der Waals surface area contributed by atoms with Crippen molar-refractivity contribution in [1.29, 1.82) is 0 Å². The van der Waals surface area contributed by atoms with Crippen LogP contribution in [0.5, 0.6) is 0 Å². The van der Waals surface area contributed by atoms with Gasteiger partial charge >= 0.3 is 5.97 Å². The van der Waals surface area contributed by atoms with E-state index in [1.165, 1.54) is 0 Å². The molecule has 4 nitrogen and oxygen atoms in total. The average molecular weight is 161 g/mol. The molecular formula is C7H12O4. The fourth-order valence-electron chi connectivity index (χ4n) is 0.415. The Bertz CT molecular complexity index is 171. The van der Waals surface area contributed by atoms with Gasteiger partial charge in [-0.05, 0) is 20.8 Å². The van der Waals surface area contributed by atoms with E-state index >= 15 is 0 Å². The lowest BCUT2D eigenvalue weighted by molar-refractivity contribution is -0.167. The summed E-state index contributed by atoms with van der Waals surface area (Å²) in [4.78, 5) is 21.4. The van der Waals surface area contributed by atoms with E-state index in [0.29, 0.717) is 0 Å². The van der Waals surface area contributed by atoms with Crippen molar-refractivity contribution in [3.05, 3.63) is 0 Å². The third-order valence-corrected chi connectivity index (χ3v) is 1.36. The zero-order chi connectivity index (χ0) is 9.07. The second-order valence-corrected chi connectivity index (χ2v) is 2.35. The monoisotopic (exact) mass is 161 g/mol. The molecule has 0 saturated heterocycles. The SMILES string of the molecule is CC(=O)C(C)(O)C(=O)OC[13CH3]. The molecule has 1 N–H and O–H groups in total. The third kappa shape index (κ3) is 2.31. The zero-order valence-electron chi connectivity index (χ0n) is 6.88. The first-order chi connectivity index (χ1) is 4.92. The number of ether oxygens (including phenoxy) is 1. The molecule has 0 fully saturated rings. The quantitative estimate of drug-likeness (QED) is 0.356. The van der Waals surface area contributed by atoms with Gasteiger partial charge in [0.05, 0.1) is 6.61 Å². The van der Waals surface area contributed by atoms with Crippen molar-refractivity contribution in [3.8, 4) is 0 Å². The van der Waals surface area contributed by atoms with E-state index in [9.17, 15) is 9.59 Å². The van der Waals surface area contributed by atoms with Gasteiger partial charge < -0.3 is 9.84 Å². The summed E-state index contributed by atoms with van der Waals surface area (Å²) in [6.07, 6.45) is 0. The van der Waals surface area contributed by atoms with Gasteiger partial charge in [-0.3, -0.25) is 4.79 Å². The summed E-state index contributed by atoms with van der Waals surface area (Å²) in [5.41, 5.74) is -1.99. The topological polar surface area (TPSA) is 63.6 Å². The van der Waals surface area contributed by atoms with Crippen LogP contribution in [-0.2, 0) is 14.3 Å². The molecule has 0 amide bonds. The minimum Gasteiger partial charge on any atom is -0.464 e. The number of rotatable bonds is 3. The molecule has 0 aliphatic rings. The number of carbonyl (C=O) groups is 2. The highest BCUT2D eigenvalue weighted by Gasteiger charge is 2.36. The van der Waals surface area contributed by atoms with Crippen LogP contribution in [0.15, 0.2) is 0 Å². The number of ketones is 1. The standard InChI is InChI=1S/C7H12O4/c1-4-11-6(9)7(3,10)5(2)8/h10H,4H2,1-3H3/i1+1. The maximum Gasteiger partial charge on any atom is 0.345 e. The number of carbonyl (C=O) groups excluding carboxylic acids is 2. The lowest BCUT2D eigenvalue weighted by Gasteiger charge is -2.16. The van der Waals surface area contributed by atoms with E-state index in [0.717, 1.165) is 13.8 Å². The first-order valence-corrected chi connectivity index (χ1v) is 3.33. The van der Waals surface area contributed by atoms with E-state index in [1.807, 2.05) is 0 Å². The summed E-state index contributed by atoms with van der Waals surface area (Å²) in [7, 11) is 0. The van der Waals surface area contributed by atoms with Gasteiger partial charge in [-0.1, -0.05) is 0 Å². The lowest BCUT2D eigenvalue weighted by Crippen LogP contribution is -2.43. The fraction of sp³-hybridized carbons (Fsp3) is 0.714. The highest BCUT2D eigenvalue weighted by Crippen LogP contribution is 2.06. The van der Waals surface area contributed by atoms with Gasteiger partial charge in [0.25, 0.3) is 0 Å². The molecule has 0 rings (SSSR count). The molecule has 64 valence electrons. The fourth-order valence-corrected chi connectivity index (χ4v) is 0.415. The van der Waals surface area contributed by atoms with E-state index < -0.39 is 17.4 Å². The smallest absolute Gasteiger partial charge is 0.345 e. The van der Waals surface area contributed by atoms with Crippen LogP contribution in [0.1, 0.15) is 20.8 Å². The number of hydrogen-bond acceptors (Lipinski definition) is 4. The highest BCUT2D eigenvalue weighted by molar-refractivity contribution is 6.05. The van der Waals surface area contributed by atoms with Gasteiger partial charge in [-0.15, -0.1) is 0 Å². The van der Waals surface area contributed by atoms with E-state index in [1.54, 1.807) is 6.92 Å². The van der Waals surface area contributed by atoms with Gasteiger partial charge in [-0.2, -0.15) is 0 Å². The van der Waals surface area contributed by atoms with Gasteiger partial charge in [0.2, 0.25) is 5.60 Å². The first-order valence-electron chi connectivity index (χ1n) is 3.33. The van der Waals surface area contributed by atoms with Crippen LogP contribution in [0, 0.1) is 0 Å². The van der Waals surface area contributed by atoms with Crippen LogP contribution in [0.4, 0.5) is 0 Å². The molecule has 4 heteroatoms. The molecule has 11 heavy (non-hydrogen) atoms. The van der Waals surface area contributed by atoms with Gasteiger partial charge in [0.15, 0.2) is 5.78 Å². The third-order valence-electron chi connectivity index (χ3n) is 1.36. The van der Waals surface area contributed by atoms with Crippen LogP contribution in [0.2, 0.25) is 0 Å². The molecule has 0 radical (unpaired) electrons. The van der Waals surface area contributed by atoms with Crippen LogP contribution >= 0.6 is 0 Å². The number of hydrogen-bond donors (Lipinski definition) is 1.